The maximum Gasteiger partial charge on any atom is 0.0931 e. The first-order valence-electron chi connectivity index (χ1n) is 4.38. The van der Waals surface area contributed by atoms with Crippen molar-refractivity contribution in [2.24, 2.45) is 5.92 Å². The van der Waals surface area contributed by atoms with Crippen LogP contribution in [0.1, 0.15) is 10.8 Å². The summed E-state index contributed by atoms with van der Waals surface area (Å²) >= 11 is 7.48. The predicted octanol–water partition coefficient (Wildman–Crippen LogP) is 1.70. The van der Waals surface area contributed by atoms with Gasteiger partial charge >= 0.3 is 0 Å². The fourth-order valence-electron chi connectivity index (χ4n) is 1.79. The monoisotopic (exact) mass is 217 g/mol. The molecule has 4 heteroatoms. The van der Waals surface area contributed by atoms with Crippen LogP contribution >= 0.6 is 22.9 Å². The average Bonchev–Trinajstić information content (AvgIpc) is 2.71. The van der Waals surface area contributed by atoms with Gasteiger partial charge in [-0.3, -0.25) is 0 Å². The van der Waals surface area contributed by atoms with E-state index in [2.05, 4.69) is 11.4 Å². The van der Waals surface area contributed by atoms with Crippen LogP contribution in [0.4, 0.5) is 0 Å². The minimum Gasteiger partial charge on any atom is -0.396 e. The lowest BCUT2D eigenvalue weighted by Crippen LogP contribution is -2.14. The third kappa shape index (κ3) is 1.89. The normalized spacial score (nSPS) is 28.2. The number of thiophene rings is 1. The zero-order valence-electron chi connectivity index (χ0n) is 7.16. The van der Waals surface area contributed by atoms with E-state index >= 15 is 0 Å². The maximum atomic E-state index is 9.14. The fraction of sp³-hybridized carbons (Fsp3) is 0.556. The number of aliphatic hydroxyl groups is 1. The molecule has 2 N–H and O–H groups in total. The zero-order valence-corrected chi connectivity index (χ0v) is 8.74. The van der Waals surface area contributed by atoms with Gasteiger partial charge in [0.2, 0.25) is 0 Å². The molecule has 13 heavy (non-hydrogen) atoms. The molecule has 0 aromatic carbocycles. The van der Waals surface area contributed by atoms with Crippen molar-refractivity contribution in [1.29, 1.82) is 0 Å². The molecule has 0 unspecified atom stereocenters. The second-order valence-electron chi connectivity index (χ2n) is 3.35. The third-order valence-electron chi connectivity index (χ3n) is 2.53. The van der Waals surface area contributed by atoms with E-state index in [4.69, 9.17) is 16.7 Å². The summed E-state index contributed by atoms with van der Waals surface area (Å²) < 4.78 is 0.832. The number of rotatable bonds is 2. The Morgan fingerprint density at radius 2 is 2.38 bits per heavy atom. The van der Waals surface area contributed by atoms with E-state index in [0.29, 0.717) is 11.8 Å². The van der Waals surface area contributed by atoms with E-state index in [-0.39, 0.29) is 6.61 Å². The number of hydrogen-bond acceptors (Lipinski definition) is 3. The molecular formula is C9H12ClNOS. The number of nitrogens with one attached hydrogen (secondary N) is 1. The molecule has 1 aliphatic rings. The first-order chi connectivity index (χ1) is 6.31. The quantitative estimate of drug-likeness (QED) is 0.791. The van der Waals surface area contributed by atoms with E-state index < -0.39 is 0 Å². The summed E-state index contributed by atoms with van der Waals surface area (Å²) in [6.07, 6.45) is 0. The van der Waals surface area contributed by atoms with Gasteiger partial charge in [0.05, 0.1) is 4.34 Å². The third-order valence-corrected chi connectivity index (χ3v) is 3.90. The van der Waals surface area contributed by atoms with Crippen LogP contribution in [0.3, 0.4) is 0 Å². The van der Waals surface area contributed by atoms with Gasteiger partial charge in [-0.1, -0.05) is 11.6 Å². The molecule has 0 amide bonds. The minimum absolute atomic E-state index is 0.257. The molecular weight excluding hydrogens is 206 g/mol. The molecule has 2 atom stereocenters. The van der Waals surface area contributed by atoms with Gasteiger partial charge in [-0.25, -0.2) is 0 Å². The molecule has 0 bridgehead atoms. The molecule has 0 aliphatic carbocycles. The van der Waals surface area contributed by atoms with Crippen molar-refractivity contribution < 1.29 is 5.11 Å². The smallest absolute Gasteiger partial charge is 0.0931 e. The van der Waals surface area contributed by atoms with Crippen LogP contribution in [0, 0.1) is 5.92 Å². The van der Waals surface area contributed by atoms with Crippen molar-refractivity contribution in [2.45, 2.75) is 5.92 Å². The topological polar surface area (TPSA) is 32.3 Å². The first kappa shape index (κ1) is 9.46. The van der Waals surface area contributed by atoms with Gasteiger partial charge in [0.15, 0.2) is 0 Å². The molecule has 1 aromatic heterocycles. The summed E-state index contributed by atoms with van der Waals surface area (Å²) in [6, 6.07) is 3.99. The highest BCUT2D eigenvalue weighted by Gasteiger charge is 2.28. The summed E-state index contributed by atoms with van der Waals surface area (Å²) in [5.74, 6) is 0.803. The van der Waals surface area contributed by atoms with Crippen molar-refractivity contribution >= 4 is 22.9 Å². The van der Waals surface area contributed by atoms with Gasteiger partial charge in [0, 0.05) is 36.4 Å². The van der Waals surface area contributed by atoms with Gasteiger partial charge < -0.3 is 10.4 Å². The van der Waals surface area contributed by atoms with E-state index in [1.54, 1.807) is 11.3 Å². The van der Waals surface area contributed by atoms with Crippen molar-refractivity contribution in [1.82, 2.24) is 5.32 Å². The van der Waals surface area contributed by atoms with Gasteiger partial charge in [-0.2, -0.15) is 0 Å². The summed E-state index contributed by atoms with van der Waals surface area (Å²) in [6.45, 7) is 2.13. The molecule has 1 saturated heterocycles. The second kappa shape index (κ2) is 3.96. The van der Waals surface area contributed by atoms with Crippen molar-refractivity contribution in [2.75, 3.05) is 19.7 Å². The Morgan fingerprint density at radius 1 is 1.54 bits per heavy atom. The Bertz CT molecular complexity index is 289. The van der Waals surface area contributed by atoms with Crippen molar-refractivity contribution in [3.05, 3.63) is 21.3 Å². The highest BCUT2D eigenvalue weighted by Crippen LogP contribution is 2.34. The Hall–Kier alpha value is -0.0900. The summed E-state index contributed by atoms with van der Waals surface area (Å²) in [4.78, 5) is 1.29. The van der Waals surface area contributed by atoms with Crippen LogP contribution in [0.2, 0.25) is 4.34 Å². The molecule has 0 saturated carbocycles. The highest BCUT2D eigenvalue weighted by atomic mass is 35.5. The maximum absolute atomic E-state index is 9.14. The molecule has 2 nitrogen and oxygen atoms in total. The second-order valence-corrected chi connectivity index (χ2v) is 5.10. The standard InChI is InChI=1S/C9H12ClNOS/c10-9-2-1-8(13-9)7-4-11-3-6(7)5-12/h1-2,6-7,11-12H,3-5H2/t6-,7+/m0/s1. The van der Waals surface area contributed by atoms with Gasteiger partial charge in [-0.15, -0.1) is 11.3 Å². The Kier molecular flexibility index (Phi) is 2.89. The van der Waals surface area contributed by atoms with Gasteiger partial charge in [0.1, 0.15) is 0 Å². The number of aliphatic hydroxyl groups excluding tert-OH is 1. The first-order valence-corrected chi connectivity index (χ1v) is 5.57. The molecule has 1 aliphatic heterocycles. The SMILES string of the molecule is OC[C@@H]1CNC[C@H]1c1ccc(Cl)s1. The van der Waals surface area contributed by atoms with Crippen LogP contribution < -0.4 is 5.32 Å². The van der Waals surface area contributed by atoms with Crippen LogP contribution in [0.15, 0.2) is 12.1 Å². The number of hydrogen-bond donors (Lipinski definition) is 2. The van der Waals surface area contributed by atoms with Crippen molar-refractivity contribution in [3.63, 3.8) is 0 Å². The van der Waals surface area contributed by atoms with E-state index in [0.717, 1.165) is 17.4 Å². The van der Waals surface area contributed by atoms with E-state index in [9.17, 15) is 0 Å². The Balaban J connectivity index is 2.15. The van der Waals surface area contributed by atoms with Gasteiger partial charge in [-0.05, 0) is 12.1 Å². The zero-order chi connectivity index (χ0) is 9.26. The molecule has 1 aromatic rings. The summed E-state index contributed by atoms with van der Waals surface area (Å²) in [5, 5.41) is 12.4. The van der Waals surface area contributed by atoms with E-state index in [1.165, 1.54) is 4.88 Å². The molecule has 0 radical (unpaired) electrons. The Morgan fingerprint density at radius 3 is 3.00 bits per heavy atom. The largest absolute Gasteiger partial charge is 0.396 e. The van der Waals surface area contributed by atoms with Gasteiger partial charge in [0.25, 0.3) is 0 Å². The van der Waals surface area contributed by atoms with Crippen LogP contribution in [-0.2, 0) is 0 Å². The summed E-state index contributed by atoms with van der Waals surface area (Å²) in [5.41, 5.74) is 0. The summed E-state index contributed by atoms with van der Waals surface area (Å²) in [7, 11) is 0. The lowest BCUT2D eigenvalue weighted by molar-refractivity contribution is 0.227. The molecule has 1 fully saturated rings. The molecule has 72 valence electrons. The molecule has 2 rings (SSSR count). The Labute approximate surface area is 86.5 Å². The lowest BCUT2D eigenvalue weighted by Gasteiger charge is -2.13. The minimum atomic E-state index is 0.257. The van der Waals surface area contributed by atoms with E-state index in [1.807, 2.05) is 6.07 Å². The van der Waals surface area contributed by atoms with Crippen LogP contribution in [0.25, 0.3) is 0 Å². The number of halogens is 1. The predicted molar refractivity (Wildman–Crippen MR) is 55.5 cm³/mol. The lowest BCUT2D eigenvalue weighted by atomic mass is 9.95. The molecule has 0 spiro atoms. The van der Waals surface area contributed by atoms with Crippen LogP contribution in [-0.4, -0.2) is 24.8 Å². The fourth-order valence-corrected chi connectivity index (χ4v) is 3.04. The average molecular weight is 218 g/mol. The highest BCUT2D eigenvalue weighted by molar-refractivity contribution is 7.16. The van der Waals surface area contributed by atoms with Crippen LogP contribution in [0.5, 0.6) is 0 Å². The molecule has 2 heterocycles. The van der Waals surface area contributed by atoms with Crippen molar-refractivity contribution in [3.8, 4) is 0 Å².